The Morgan fingerprint density at radius 3 is 2.63 bits per heavy atom. The maximum Gasteiger partial charge on any atom is 0.168 e. The van der Waals surface area contributed by atoms with Crippen LogP contribution in [0.4, 0.5) is 0 Å². The Bertz CT molecular complexity index is 596. The molecule has 0 aliphatic carbocycles. The Morgan fingerprint density at radius 2 is 2.05 bits per heavy atom. The summed E-state index contributed by atoms with van der Waals surface area (Å²) in [6.07, 6.45) is 1.22. The van der Waals surface area contributed by atoms with Crippen LogP contribution < -0.4 is 0 Å². The Labute approximate surface area is 118 Å². The van der Waals surface area contributed by atoms with E-state index in [-0.39, 0.29) is 5.78 Å². The van der Waals surface area contributed by atoms with Crippen LogP contribution in [0.1, 0.15) is 34.2 Å². The average molecular weight is 277 g/mol. The van der Waals surface area contributed by atoms with Crippen LogP contribution in [0.15, 0.2) is 24.3 Å². The molecule has 0 aliphatic rings. The summed E-state index contributed by atoms with van der Waals surface area (Å²) in [5.74, 6) is 0.0660. The summed E-state index contributed by atoms with van der Waals surface area (Å²) in [5, 5.41) is 4.95. The van der Waals surface area contributed by atoms with Gasteiger partial charge in [-0.2, -0.15) is 5.10 Å². The molecule has 0 atom stereocenters. The molecular weight excluding hydrogens is 260 g/mol. The fraction of sp³-hybridized carbons (Fsp3) is 0.333. The van der Waals surface area contributed by atoms with Gasteiger partial charge in [0.1, 0.15) is 0 Å². The molecule has 0 saturated heterocycles. The van der Waals surface area contributed by atoms with Gasteiger partial charge in [0.15, 0.2) is 5.78 Å². The number of hydrogen-bond acceptors (Lipinski definition) is 2. The minimum absolute atomic E-state index is 0.0660. The van der Waals surface area contributed by atoms with Gasteiger partial charge in [0.2, 0.25) is 0 Å². The number of benzene rings is 1. The topological polar surface area (TPSA) is 34.9 Å². The lowest BCUT2D eigenvalue weighted by Gasteiger charge is -2.04. The van der Waals surface area contributed by atoms with Crippen molar-refractivity contribution in [1.82, 2.24) is 9.78 Å². The molecule has 0 fully saturated rings. The Morgan fingerprint density at radius 1 is 1.32 bits per heavy atom. The molecule has 0 spiro atoms. The highest BCUT2D eigenvalue weighted by Gasteiger charge is 2.12. The van der Waals surface area contributed by atoms with Gasteiger partial charge >= 0.3 is 0 Å². The summed E-state index contributed by atoms with van der Waals surface area (Å²) < 4.78 is 1.77. The van der Waals surface area contributed by atoms with Crippen molar-refractivity contribution in [3.8, 4) is 0 Å². The van der Waals surface area contributed by atoms with Gasteiger partial charge in [0.25, 0.3) is 0 Å². The van der Waals surface area contributed by atoms with Crippen molar-refractivity contribution in [2.75, 3.05) is 0 Å². The molecule has 1 aromatic heterocycles. The normalized spacial score (nSPS) is 10.7. The Hall–Kier alpha value is -1.61. The Kier molecular flexibility index (Phi) is 4.05. The summed E-state index contributed by atoms with van der Waals surface area (Å²) >= 11 is 5.99. The summed E-state index contributed by atoms with van der Waals surface area (Å²) in [4.78, 5) is 12.3. The molecule has 3 nitrogen and oxygen atoms in total. The van der Waals surface area contributed by atoms with Gasteiger partial charge < -0.3 is 0 Å². The van der Waals surface area contributed by atoms with Crippen LogP contribution in [-0.4, -0.2) is 15.6 Å². The number of rotatable bonds is 4. The van der Waals surface area contributed by atoms with Crippen LogP contribution in [-0.2, 0) is 19.9 Å². The van der Waals surface area contributed by atoms with Gasteiger partial charge in [-0.15, -0.1) is 0 Å². The maximum absolute atomic E-state index is 12.3. The van der Waals surface area contributed by atoms with E-state index in [0.717, 1.165) is 23.4 Å². The van der Waals surface area contributed by atoms with Crippen molar-refractivity contribution in [3.63, 3.8) is 0 Å². The molecule has 0 N–H and O–H groups in total. The molecular formula is C15H17ClN2O. The van der Waals surface area contributed by atoms with E-state index in [1.165, 1.54) is 0 Å². The van der Waals surface area contributed by atoms with Gasteiger partial charge in [-0.3, -0.25) is 9.48 Å². The minimum atomic E-state index is 0.0660. The maximum atomic E-state index is 12.3. The van der Waals surface area contributed by atoms with E-state index in [1.54, 1.807) is 10.7 Å². The zero-order valence-corrected chi connectivity index (χ0v) is 12.2. The first-order chi connectivity index (χ1) is 8.99. The molecule has 0 unspecified atom stereocenters. The van der Waals surface area contributed by atoms with Crippen molar-refractivity contribution in [2.24, 2.45) is 7.05 Å². The second-order valence-corrected chi connectivity index (χ2v) is 5.16. The van der Waals surface area contributed by atoms with Gasteiger partial charge in [-0.25, -0.2) is 0 Å². The number of ketones is 1. The number of Topliss-reactive ketones (excluding diaryl/α,β-unsaturated/α-hetero) is 1. The third-order valence-electron chi connectivity index (χ3n) is 3.10. The van der Waals surface area contributed by atoms with Crippen LogP contribution in [0.3, 0.4) is 0 Å². The quantitative estimate of drug-likeness (QED) is 0.803. The predicted octanol–water partition coefficient (Wildman–Crippen LogP) is 3.37. The predicted molar refractivity (Wildman–Crippen MR) is 76.8 cm³/mol. The standard InChI is InChI=1S/C15H17ClN2O/c1-4-13-8-14(18(3)17-13)9-15(19)11-5-10(2)6-12(16)7-11/h5-8H,4,9H2,1-3H3. The van der Waals surface area contributed by atoms with Crippen molar-refractivity contribution < 1.29 is 4.79 Å². The second kappa shape index (κ2) is 5.57. The van der Waals surface area contributed by atoms with Gasteiger partial charge in [-0.05, 0) is 43.2 Å². The van der Waals surface area contributed by atoms with Crippen LogP contribution in [0, 0.1) is 6.92 Å². The molecule has 1 aromatic carbocycles. The molecule has 0 bridgehead atoms. The number of carbonyl (C=O) groups is 1. The number of aryl methyl sites for hydroxylation is 3. The van der Waals surface area contributed by atoms with E-state index in [1.807, 2.05) is 39.1 Å². The van der Waals surface area contributed by atoms with Gasteiger partial charge in [0, 0.05) is 23.3 Å². The largest absolute Gasteiger partial charge is 0.294 e. The number of carbonyl (C=O) groups excluding carboxylic acids is 1. The first-order valence-corrected chi connectivity index (χ1v) is 6.69. The summed E-state index contributed by atoms with van der Waals surface area (Å²) in [6.45, 7) is 3.98. The molecule has 1 heterocycles. The van der Waals surface area contributed by atoms with Crippen molar-refractivity contribution in [2.45, 2.75) is 26.7 Å². The molecule has 2 rings (SSSR count). The molecule has 0 radical (unpaired) electrons. The lowest BCUT2D eigenvalue weighted by atomic mass is 10.0. The molecule has 0 saturated carbocycles. The lowest BCUT2D eigenvalue weighted by molar-refractivity contribution is 0.0990. The third-order valence-corrected chi connectivity index (χ3v) is 3.31. The van der Waals surface area contributed by atoms with E-state index in [9.17, 15) is 4.79 Å². The van der Waals surface area contributed by atoms with E-state index in [4.69, 9.17) is 11.6 Å². The van der Waals surface area contributed by atoms with Gasteiger partial charge in [0.05, 0.1) is 12.1 Å². The van der Waals surface area contributed by atoms with E-state index in [0.29, 0.717) is 17.0 Å². The number of hydrogen-bond donors (Lipinski definition) is 0. The molecule has 4 heteroatoms. The van der Waals surface area contributed by atoms with Gasteiger partial charge in [-0.1, -0.05) is 18.5 Å². The molecule has 2 aromatic rings. The summed E-state index contributed by atoms with van der Waals surface area (Å²) in [7, 11) is 1.87. The van der Waals surface area contributed by atoms with Crippen LogP contribution in [0.25, 0.3) is 0 Å². The second-order valence-electron chi connectivity index (χ2n) is 4.72. The molecule has 0 amide bonds. The molecule has 0 aliphatic heterocycles. The summed E-state index contributed by atoms with van der Waals surface area (Å²) in [5.41, 5.74) is 3.59. The highest BCUT2D eigenvalue weighted by atomic mass is 35.5. The van der Waals surface area contributed by atoms with Crippen LogP contribution in [0.2, 0.25) is 5.02 Å². The fourth-order valence-corrected chi connectivity index (χ4v) is 2.36. The number of nitrogens with zero attached hydrogens (tertiary/aromatic N) is 2. The monoisotopic (exact) mass is 276 g/mol. The minimum Gasteiger partial charge on any atom is -0.294 e. The highest BCUT2D eigenvalue weighted by Crippen LogP contribution is 2.17. The Balaban J connectivity index is 2.22. The zero-order chi connectivity index (χ0) is 14.0. The lowest BCUT2D eigenvalue weighted by Crippen LogP contribution is -2.08. The SMILES string of the molecule is CCc1cc(CC(=O)c2cc(C)cc(Cl)c2)n(C)n1. The van der Waals surface area contributed by atoms with E-state index < -0.39 is 0 Å². The molecule has 100 valence electrons. The van der Waals surface area contributed by atoms with Crippen LogP contribution in [0.5, 0.6) is 0 Å². The molecule has 19 heavy (non-hydrogen) atoms. The van der Waals surface area contributed by atoms with Crippen molar-refractivity contribution >= 4 is 17.4 Å². The fourth-order valence-electron chi connectivity index (χ4n) is 2.07. The van der Waals surface area contributed by atoms with E-state index in [2.05, 4.69) is 5.10 Å². The first-order valence-electron chi connectivity index (χ1n) is 6.31. The highest BCUT2D eigenvalue weighted by molar-refractivity contribution is 6.31. The van der Waals surface area contributed by atoms with Crippen molar-refractivity contribution in [3.05, 3.63) is 51.8 Å². The smallest absolute Gasteiger partial charge is 0.168 e. The van der Waals surface area contributed by atoms with Crippen LogP contribution >= 0.6 is 11.6 Å². The number of halogens is 1. The zero-order valence-electron chi connectivity index (χ0n) is 11.4. The van der Waals surface area contributed by atoms with E-state index >= 15 is 0 Å². The number of aromatic nitrogens is 2. The summed E-state index contributed by atoms with van der Waals surface area (Å²) in [6, 6.07) is 7.41. The van der Waals surface area contributed by atoms with Crippen molar-refractivity contribution in [1.29, 1.82) is 0 Å². The third kappa shape index (κ3) is 3.24. The average Bonchev–Trinajstić information content (AvgIpc) is 2.69. The first kappa shape index (κ1) is 13.8.